The van der Waals surface area contributed by atoms with Gasteiger partial charge in [-0.1, -0.05) is 18.2 Å². The highest BCUT2D eigenvalue weighted by atomic mass is 16.6. The van der Waals surface area contributed by atoms with Crippen LogP contribution < -0.4 is 5.32 Å². The molecule has 3 aromatic rings. The van der Waals surface area contributed by atoms with Crippen LogP contribution in [0.4, 0.5) is 4.79 Å². The van der Waals surface area contributed by atoms with Gasteiger partial charge in [0.1, 0.15) is 11.2 Å². The molecule has 1 aromatic carbocycles. The number of hydrogen-bond donors (Lipinski definition) is 2. The Hall–Kier alpha value is -3.42. The molecule has 0 atom stereocenters. The second-order valence-corrected chi connectivity index (χ2v) is 7.00. The number of fused-ring (bicyclic) bond motifs is 1. The first kappa shape index (κ1) is 18.4. The van der Waals surface area contributed by atoms with E-state index in [1.807, 2.05) is 24.3 Å². The summed E-state index contributed by atoms with van der Waals surface area (Å²) < 4.78 is 6.65. The van der Waals surface area contributed by atoms with Gasteiger partial charge in [-0.25, -0.2) is 19.1 Å². The molecular formula is C19H20N4O4. The Morgan fingerprint density at radius 3 is 2.74 bits per heavy atom. The zero-order chi connectivity index (χ0) is 19.6. The molecule has 0 spiro atoms. The van der Waals surface area contributed by atoms with Crippen molar-refractivity contribution in [3.05, 3.63) is 53.9 Å². The van der Waals surface area contributed by atoms with Gasteiger partial charge in [0.25, 0.3) is 0 Å². The molecule has 2 heterocycles. The number of hydrogen-bond acceptors (Lipinski definition) is 5. The topological polar surface area (TPSA) is 106 Å². The van der Waals surface area contributed by atoms with Gasteiger partial charge in [0, 0.05) is 24.5 Å². The first-order valence-corrected chi connectivity index (χ1v) is 8.37. The lowest BCUT2D eigenvalue weighted by atomic mass is 10.1. The van der Waals surface area contributed by atoms with E-state index < -0.39 is 17.7 Å². The van der Waals surface area contributed by atoms with E-state index in [0.29, 0.717) is 5.69 Å². The van der Waals surface area contributed by atoms with Gasteiger partial charge in [-0.3, -0.25) is 0 Å². The van der Waals surface area contributed by atoms with E-state index in [9.17, 15) is 14.7 Å². The number of alkyl carbamates (subject to hydrolysis) is 1. The fourth-order valence-corrected chi connectivity index (χ4v) is 2.54. The van der Waals surface area contributed by atoms with Crippen molar-refractivity contribution in [2.24, 2.45) is 0 Å². The number of nitrogens with one attached hydrogen (secondary N) is 1. The van der Waals surface area contributed by atoms with E-state index >= 15 is 0 Å². The number of aromatic nitrogens is 3. The van der Waals surface area contributed by atoms with Gasteiger partial charge in [0.2, 0.25) is 0 Å². The number of carboxylic acids is 1. The molecule has 2 N–H and O–H groups in total. The van der Waals surface area contributed by atoms with Gasteiger partial charge < -0.3 is 15.2 Å². The first-order valence-electron chi connectivity index (χ1n) is 8.37. The van der Waals surface area contributed by atoms with Gasteiger partial charge in [-0.05, 0) is 38.5 Å². The van der Waals surface area contributed by atoms with Crippen molar-refractivity contribution < 1.29 is 19.4 Å². The maximum absolute atomic E-state index is 11.8. The number of imidazole rings is 1. The molecule has 0 bridgehead atoms. The zero-order valence-electron chi connectivity index (χ0n) is 15.3. The van der Waals surface area contributed by atoms with Crippen molar-refractivity contribution in [1.82, 2.24) is 19.9 Å². The van der Waals surface area contributed by atoms with Crippen LogP contribution in [-0.2, 0) is 11.3 Å². The minimum atomic E-state index is -1.07. The predicted molar refractivity (Wildman–Crippen MR) is 98.5 cm³/mol. The molecule has 27 heavy (non-hydrogen) atoms. The number of carbonyl (C=O) groups excluding carboxylic acids is 1. The van der Waals surface area contributed by atoms with Crippen molar-refractivity contribution in [1.29, 1.82) is 0 Å². The number of carbonyl (C=O) groups is 2. The highest BCUT2D eigenvalue weighted by molar-refractivity contribution is 5.95. The quantitative estimate of drug-likeness (QED) is 0.733. The van der Waals surface area contributed by atoms with Crippen LogP contribution in [0.2, 0.25) is 0 Å². The Balaban J connectivity index is 1.84. The largest absolute Gasteiger partial charge is 0.478 e. The Kier molecular flexibility index (Phi) is 4.81. The van der Waals surface area contributed by atoms with E-state index in [1.165, 1.54) is 16.8 Å². The molecule has 8 heteroatoms. The number of aromatic carboxylic acids is 1. The van der Waals surface area contributed by atoms with Crippen molar-refractivity contribution in [2.45, 2.75) is 32.9 Å². The van der Waals surface area contributed by atoms with Gasteiger partial charge in [0.15, 0.2) is 5.65 Å². The molecule has 0 saturated heterocycles. The number of nitrogens with zero attached hydrogens (tertiary/aromatic N) is 3. The molecule has 8 nitrogen and oxygen atoms in total. The van der Waals surface area contributed by atoms with Crippen LogP contribution in [0.15, 0.2) is 42.7 Å². The second kappa shape index (κ2) is 7.06. The molecule has 0 unspecified atom stereocenters. The zero-order valence-corrected chi connectivity index (χ0v) is 15.3. The molecular weight excluding hydrogens is 348 g/mol. The summed E-state index contributed by atoms with van der Waals surface area (Å²) >= 11 is 0. The maximum atomic E-state index is 11.8. The lowest BCUT2D eigenvalue weighted by Gasteiger charge is -2.19. The first-order chi connectivity index (χ1) is 12.7. The maximum Gasteiger partial charge on any atom is 0.407 e. The lowest BCUT2D eigenvalue weighted by Crippen LogP contribution is -2.32. The van der Waals surface area contributed by atoms with Crippen molar-refractivity contribution in [2.75, 3.05) is 0 Å². The van der Waals surface area contributed by atoms with Gasteiger partial charge >= 0.3 is 12.1 Å². The molecule has 0 fully saturated rings. The standard InChI is InChI=1S/C19H20N4O4/c1-19(2,3)27-18(26)21-11-12-5-4-6-13(9-12)15-10-14(17(24)25)16-20-7-8-23(16)22-15/h4-10H,11H2,1-3H3,(H,21,26)(H,24,25). The number of carboxylic acid groups (broad SMARTS) is 1. The van der Waals surface area contributed by atoms with E-state index in [-0.39, 0.29) is 17.8 Å². The van der Waals surface area contributed by atoms with E-state index in [0.717, 1.165) is 11.1 Å². The van der Waals surface area contributed by atoms with Gasteiger partial charge in [0.05, 0.1) is 5.69 Å². The molecule has 0 aliphatic rings. The summed E-state index contributed by atoms with van der Waals surface area (Å²) in [6.07, 6.45) is 2.60. The summed E-state index contributed by atoms with van der Waals surface area (Å²) in [5.74, 6) is -1.07. The Labute approximate surface area is 155 Å². The smallest absolute Gasteiger partial charge is 0.407 e. The Morgan fingerprint density at radius 2 is 2.04 bits per heavy atom. The van der Waals surface area contributed by atoms with Crippen LogP contribution in [-0.4, -0.2) is 37.4 Å². The third-order valence-electron chi connectivity index (χ3n) is 3.65. The van der Waals surface area contributed by atoms with Crippen LogP contribution in [0.3, 0.4) is 0 Å². The molecule has 2 aromatic heterocycles. The number of ether oxygens (including phenoxy) is 1. The fourth-order valence-electron chi connectivity index (χ4n) is 2.54. The van der Waals surface area contributed by atoms with Crippen LogP contribution in [0.1, 0.15) is 36.7 Å². The molecule has 0 aliphatic heterocycles. The summed E-state index contributed by atoms with van der Waals surface area (Å²) in [6.45, 7) is 5.67. The lowest BCUT2D eigenvalue weighted by molar-refractivity contribution is 0.0523. The highest BCUT2D eigenvalue weighted by Gasteiger charge is 2.16. The van der Waals surface area contributed by atoms with Crippen LogP contribution >= 0.6 is 0 Å². The average molecular weight is 368 g/mol. The van der Waals surface area contributed by atoms with E-state index in [4.69, 9.17) is 4.74 Å². The molecule has 0 aliphatic carbocycles. The predicted octanol–water partition coefficient (Wildman–Crippen LogP) is 3.12. The number of benzene rings is 1. The van der Waals surface area contributed by atoms with Crippen molar-refractivity contribution in [3.8, 4) is 11.3 Å². The van der Waals surface area contributed by atoms with Crippen LogP contribution in [0.5, 0.6) is 0 Å². The highest BCUT2D eigenvalue weighted by Crippen LogP contribution is 2.21. The molecule has 1 amide bonds. The third-order valence-corrected chi connectivity index (χ3v) is 3.65. The van der Waals surface area contributed by atoms with E-state index in [1.54, 1.807) is 27.0 Å². The van der Waals surface area contributed by atoms with Crippen molar-refractivity contribution >= 4 is 17.7 Å². The normalized spacial score (nSPS) is 11.4. The molecule has 0 radical (unpaired) electrons. The Bertz CT molecular complexity index is 1000. The number of rotatable bonds is 4. The number of amides is 1. The van der Waals surface area contributed by atoms with E-state index in [2.05, 4.69) is 15.4 Å². The SMILES string of the molecule is CC(C)(C)OC(=O)NCc1cccc(-c2cc(C(=O)O)c3nccn3n2)c1. The summed E-state index contributed by atoms with van der Waals surface area (Å²) in [5, 5.41) is 16.5. The second-order valence-electron chi connectivity index (χ2n) is 7.00. The summed E-state index contributed by atoms with van der Waals surface area (Å²) in [7, 11) is 0. The van der Waals surface area contributed by atoms with Crippen molar-refractivity contribution in [3.63, 3.8) is 0 Å². The van der Waals surface area contributed by atoms with Crippen LogP contribution in [0.25, 0.3) is 16.9 Å². The minimum Gasteiger partial charge on any atom is -0.478 e. The Morgan fingerprint density at radius 1 is 1.26 bits per heavy atom. The molecule has 0 saturated carbocycles. The third kappa shape index (κ3) is 4.41. The fraction of sp³-hybridized carbons (Fsp3) is 0.263. The minimum absolute atomic E-state index is 0.0716. The van der Waals surface area contributed by atoms with Gasteiger partial charge in [-0.15, -0.1) is 0 Å². The molecule has 140 valence electrons. The summed E-state index contributed by atoms with van der Waals surface area (Å²) in [6, 6.07) is 8.84. The summed E-state index contributed by atoms with van der Waals surface area (Å²) in [5.41, 5.74) is 1.86. The summed E-state index contributed by atoms with van der Waals surface area (Å²) in [4.78, 5) is 27.3. The van der Waals surface area contributed by atoms with Gasteiger partial charge in [-0.2, -0.15) is 5.10 Å². The average Bonchev–Trinajstić information content (AvgIpc) is 3.06. The van der Waals surface area contributed by atoms with Crippen LogP contribution in [0, 0.1) is 0 Å². The molecule has 3 rings (SSSR count). The monoisotopic (exact) mass is 368 g/mol.